The largest absolute Gasteiger partial charge is 0.429 e. The molecule has 2 unspecified atom stereocenters. The Bertz CT molecular complexity index is 444. The third-order valence-electron chi connectivity index (χ3n) is 4.32. The predicted molar refractivity (Wildman–Crippen MR) is 76.2 cm³/mol. The molecular formula is C16H23NO2. The Kier molecular flexibility index (Phi) is 4.59. The standard InChI is InChI=1S/C16H23NO2/c1-3-5-14-15-9-13(19-10-18)7-6-12(15)8-11(4-2)16(14)17/h6-7,9-11,14,16H,3-5,8,17H2,1-2H3/t11?,14-,16?/m1/s1. The zero-order valence-corrected chi connectivity index (χ0v) is 11.8. The fourth-order valence-electron chi connectivity index (χ4n) is 3.26. The van der Waals surface area contributed by atoms with Gasteiger partial charge < -0.3 is 10.5 Å². The van der Waals surface area contributed by atoms with Crippen LogP contribution < -0.4 is 10.5 Å². The van der Waals surface area contributed by atoms with E-state index < -0.39 is 0 Å². The van der Waals surface area contributed by atoms with Gasteiger partial charge >= 0.3 is 0 Å². The summed E-state index contributed by atoms with van der Waals surface area (Å²) in [6.45, 7) is 4.88. The molecule has 1 aromatic rings. The van der Waals surface area contributed by atoms with Gasteiger partial charge in [-0.3, -0.25) is 4.79 Å². The molecule has 0 saturated heterocycles. The number of carbonyl (C=O) groups is 1. The first-order chi connectivity index (χ1) is 9.21. The van der Waals surface area contributed by atoms with Crippen molar-refractivity contribution in [2.45, 2.75) is 51.5 Å². The molecule has 0 heterocycles. The molecule has 3 nitrogen and oxygen atoms in total. The van der Waals surface area contributed by atoms with E-state index in [2.05, 4.69) is 19.9 Å². The summed E-state index contributed by atoms with van der Waals surface area (Å²) in [6.07, 6.45) is 4.37. The van der Waals surface area contributed by atoms with Crippen LogP contribution in [-0.4, -0.2) is 12.5 Å². The van der Waals surface area contributed by atoms with Gasteiger partial charge in [0.25, 0.3) is 6.47 Å². The van der Waals surface area contributed by atoms with Crippen molar-refractivity contribution in [2.24, 2.45) is 11.7 Å². The molecule has 19 heavy (non-hydrogen) atoms. The van der Waals surface area contributed by atoms with E-state index in [0.717, 1.165) is 25.7 Å². The van der Waals surface area contributed by atoms with Crippen LogP contribution in [0.3, 0.4) is 0 Å². The van der Waals surface area contributed by atoms with Crippen LogP contribution in [0, 0.1) is 5.92 Å². The highest BCUT2D eigenvalue weighted by atomic mass is 16.5. The zero-order valence-electron chi connectivity index (χ0n) is 11.8. The summed E-state index contributed by atoms with van der Waals surface area (Å²) in [4.78, 5) is 10.5. The number of nitrogens with two attached hydrogens (primary N) is 1. The van der Waals surface area contributed by atoms with E-state index in [1.165, 1.54) is 11.1 Å². The molecule has 3 atom stereocenters. The van der Waals surface area contributed by atoms with Gasteiger partial charge in [-0.2, -0.15) is 0 Å². The van der Waals surface area contributed by atoms with Crippen LogP contribution in [0.1, 0.15) is 50.2 Å². The lowest BCUT2D eigenvalue weighted by molar-refractivity contribution is -0.120. The van der Waals surface area contributed by atoms with Gasteiger partial charge in [-0.1, -0.05) is 32.8 Å². The molecule has 0 spiro atoms. The van der Waals surface area contributed by atoms with Gasteiger partial charge in [-0.05, 0) is 47.9 Å². The lowest BCUT2D eigenvalue weighted by Gasteiger charge is -2.37. The number of benzene rings is 1. The van der Waals surface area contributed by atoms with Crippen molar-refractivity contribution in [1.82, 2.24) is 0 Å². The maximum Gasteiger partial charge on any atom is 0.298 e. The summed E-state index contributed by atoms with van der Waals surface area (Å²) >= 11 is 0. The summed E-state index contributed by atoms with van der Waals surface area (Å²) in [6, 6.07) is 6.17. The van der Waals surface area contributed by atoms with E-state index in [1.54, 1.807) is 0 Å². The number of rotatable bonds is 5. The molecule has 2 rings (SSSR count). The maximum atomic E-state index is 10.5. The molecule has 0 aliphatic heterocycles. The van der Waals surface area contributed by atoms with Crippen LogP contribution in [0.2, 0.25) is 0 Å². The lowest BCUT2D eigenvalue weighted by Crippen LogP contribution is -2.41. The topological polar surface area (TPSA) is 52.3 Å². The van der Waals surface area contributed by atoms with Crippen molar-refractivity contribution in [1.29, 1.82) is 0 Å². The molecule has 0 bridgehead atoms. The minimum Gasteiger partial charge on any atom is -0.429 e. The summed E-state index contributed by atoms with van der Waals surface area (Å²) in [5.41, 5.74) is 9.09. The lowest BCUT2D eigenvalue weighted by atomic mass is 9.71. The maximum absolute atomic E-state index is 10.5. The van der Waals surface area contributed by atoms with Gasteiger partial charge in [-0.15, -0.1) is 0 Å². The van der Waals surface area contributed by atoms with E-state index in [4.69, 9.17) is 10.5 Å². The van der Waals surface area contributed by atoms with E-state index in [1.807, 2.05) is 12.1 Å². The molecule has 1 aromatic carbocycles. The number of hydrogen-bond donors (Lipinski definition) is 1. The normalized spacial score (nSPS) is 25.7. The van der Waals surface area contributed by atoms with Gasteiger partial charge in [0.15, 0.2) is 0 Å². The molecule has 0 amide bonds. The van der Waals surface area contributed by atoms with Crippen molar-refractivity contribution >= 4 is 6.47 Å². The monoisotopic (exact) mass is 261 g/mol. The van der Waals surface area contributed by atoms with Gasteiger partial charge in [0.1, 0.15) is 5.75 Å². The fraction of sp³-hybridized carbons (Fsp3) is 0.562. The molecule has 3 heteroatoms. The van der Waals surface area contributed by atoms with E-state index >= 15 is 0 Å². The second-order valence-corrected chi connectivity index (χ2v) is 5.42. The number of ether oxygens (including phenoxy) is 1. The van der Waals surface area contributed by atoms with Crippen LogP contribution >= 0.6 is 0 Å². The van der Waals surface area contributed by atoms with E-state index in [9.17, 15) is 4.79 Å². The van der Waals surface area contributed by atoms with Crippen LogP contribution in [0.15, 0.2) is 18.2 Å². The Labute approximate surface area is 115 Å². The van der Waals surface area contributed by atoms with Crippen molar-refractivity contribution in [3.63, 3.8) is 0 Å². The first-order valence-electron chi connectivity index (χ1n) is 7.19. The second kappa shape index (κ2) is 6.20. The number of carbonyl (C=O) groups excluding carboxylic acids is 1. The summed E-state index contributed by atoms with van der Waals surface area (Å²) in [5, 5.41) is 0. The molecule has 0 radical (unpaired) electrons. The Morgan fingerprint density at radius 1 is 1.42 bits per heavy atom. The Balaban J connectivity index is 2.37. The van der Waals surface area contributed by atoms with Gasteiger partial charge in [-0.25, -0.2) is 0 Å². The van der Waals surface area contributed by atoms with E-state index in [0.29, 0.717) is 24.1 Å². The highest BCUT2D eigenvalue weighted by Gasteiger charge is 2.32. The fourth-order valence-corrected chi connectivity index (χ4v) is 3.26. The van der Waals surface area contributed by atoms with E-state index in [-0.39, 0.29) is 6.04 Å². The minimum absolute atomic E-state index is 0.212. The SMILES string of the molecule is CCC[C@@H]1c2cc(OC=O)ccc2CC(CC)C1N. The molecular weight excluding hydrogens is 238 g/mol. The smallest absolute Gasteiger partial charge is 0.298 e. The van der Waals surface area contributed by atoms with Crippen LogP contribution in [0.5, 0.6) is 5.75 Å². The first kappa shape index (κ1) is 14.1. The quantitative estimate of drug-likeness (QED) is 0.829. The highest BCUT2D eigenvalue weighted by Crippen LogP contribution is 2.39. The zero-order chi connectivity index (χ0) is 13.8. The Hall–Kier alpha value is -1.35. The van der Waals surface area contributed by atoms with Crippen molar-refractivity contribution in [3.8, 4) is 5.75 Å². The van der Waals surface area contributed by atoms with Crippen molar-refractivity contribution in [2.75, 3.05) is 0 Å². The predicted octanol–water partition coefficient (Wildman–Crippen LogP) is 3.02. The number of fused-ring (bicyclic) bond motifs is 1. The Morgan fingerprint density at radius 2 is 2.21 bits per heavy atom. The molecule has 2 N–H and O–H groups in total. The Morgan fingerprint density at radius 3 is 2.84 bits per heavy atom. The molecule has 1 aliphatic rings. The summed E-state index contributed by atoms with van der Waals surface area (Å²) < 4.78 is 4.97. The summed E-state index contributed by atoms with van der Waals surface area (Å²) in [5.74, 6) is 1.56. The molecule has 0 aromatic heterocycles. The van der Waals surface area contributed by atoms with Crippen molar-refractivity contribution in [3.05, 3.63) is 29.3 Å². The minimum atomic E-state index is 0.212. The molecule has 0 saturated carbocycles. The molecule has 104 valence electrons. The summed E-state index contributed by atoms with van der Waals surface area (Å²) in [7, 11) is 0. The van der Waals surface area contributed by atoms with Gasteiger partial charge in [0, 0.05) is 6.04 Å². The average Bonchev–Trinajstić information content (AvgIpc) is 2.42. The molecule has 1 aliphatic carbocycles. The van der Waals surface area contributed by atoms with Crippen LogP contribution in [-0.2, 0) is 11.2 Å². The third-order valence-corrected chi connectivity index (χ3v) is 4.32. The number of hydrogen-bond acceptors (Lipinski definition) is 3. The van der Waals surface area contributed by atoms with Gasteiger partial charge in [0.2, 0.25) is 0 Å². The second-order valence-electron chi connectivity index (χ2n) is 5.42. The van der Waals surface area contributed by atoms with Gasteiger partial charge in [0.05, 0.1) is 0 Å². The average molecular weight is 261 g/mol. The van der Waals surface area contributed by atoms with Crippen molar-refractivity contribution < 1.29 is 9.53 Å². The third kappa shape index (κ3) is 2.81. The van der Waals surface area contributed by atoms with Crippen LogP contribution in [0.4, 0.5) is 0 Å². The first-order valence-corrected chi connectivity index (χ1v) is 7.19. The highest BCUT2D eigenvalue weighted by molar-refractivity contribution is 5.48. The molecule has 0 fully saturated rings. The van der Waals surface area contributed by atoms with Crippen LogP contribution in [0.25, 0.3) is 0 Å².